The topological polar surface area (TPSA) is 62.5 Å². The third-order valence-corrected chi connectivity index (χ3v) is 3.52. The first-order chi connectivity index (χ1) is 9.02. The molecule has 2 N–H and O–H groups in total. The van der Waals surface area contributed by atoms with Gasteiger partial charge in [0.05, 0.1) is 0 Å². The second kappa shape index (κ2) is 5.75. The molecule has 1 amide bonds. The van der Waals surface area contributed by atoms with Crippen LogP contribution in [0.25, 0.3) is 11.0 Å². The molecule has 0 aliphatic carbocycles. The van der Waals surface area contributed by atoms with E-state index in [0.29, 0.717) is 17.9 Å². The number of halogens is 1. The summed E-state index contributed by atoms with van der Waals surface area (Å²) in [4.78, 5) is 12.0. The van der Waals surface area contributed by atoms with E-state index in [0.717, 1.165) is 15.4 Å². The van der Waals surface area contributed by atoms with Crippen LogP contribution in [-0.4, -0.2) is 24.2 Å². The molecule has 102 valence electrons. The Morgan fingerprint density at radius 1 is 1.53 bits per heavy atom. The first-order valence-corrected chi connectivity index (χ1v) is 6.90. The van der Waals surface area contributed by atoms with Crippen LogP contribution in [0.1, 0.15) is 23.0 Å². The third kappa shape index (κ3) is 2.98. The van der Waals surface area contributed by atoms with Gasteiger partial charge in [-0.2, -0.15) is 0 Å². The number of carbonyl (C=O) groups excluding carboxylic acids is 1. The van der Waals surface area contributed by atoms with Gasteiger partial charge in [0.25, 0.3) is 5.91 Å². The summed E-state index contributed by atoms with van der Waals surface area (Å²) in [6.07, 6.45) is 0. The van der Waals surface area contributed by atoms with Crippen LogP contribution in [0.2, 0.25) is 0 Å². The number of aliphatic hydroxyl groups excluding tert-OH is 1. The fourth-order valence-corrected chi connectivity index (χ4v) is 2.18. The molecular weight excluding hydrogens is 310 g/mol. The minimum absolute atomic E-state index is 0.0304. The minimum Gasteiger partial charge on any atom is -0.451 e. The minimum atomic E-state index is -0.245. The molecule has 1 heterocycles. The van der Waals surface area contributed by atoms with Gasteiger partial charge < -0.3 is 14.8 Å². The molecule has 0 aliphatic rings. The average molecular weight is 326 g/mol. The van der Waals surface area contributed by atoms with Crippen LogP contribution in [0.4, 0.5) is 0 Å². The summed E-state index contributed by atoms with van der Waals surface area (Å²) in [6, 6.07) is 5.64. The molecule has 5 heteroatoms. The lowest BCUT2D eigenvalue weighted by Crippen LogP contribution is -2.29. The standard InChI is InChI=1S/C14H16BrNO3/c1-8(7-17)6-16-14(18)13-9(2)11-5-10(15)3-4-12(11)19-13/h3-5,8,17H,6-7H2,1-2H3,(H,16,18). The SMILES string of the molecule is Cc1c(C(=O)NCC(C)CO)oc2ccc(Br)cc12. The van der Waals surface area contributed by atoms with Crippen molar-refractivity contribution in [2.75, 3.05) is 13.2 Å². The van der Waals surface area contributed by atoms with E-state index in [2.05, 4.69) is 21.2 Å². The molecule has 19 heavy (non-hydrogen) atoms. The molecule has 1 aromatic heterocycles. The highest BCUT2D eigenvalue weighted by Gasteiger charge is 2.17. The van der Waals surface area contributed by atoms with E-state index in [4.69, 9.17) is 9.52 Å². The Hall–Kier alpha value is -1.33. The van der Waals surface area contributed by atoms with Crippen molar-refractivity contribution < 1.29 is 14.3 Å². The Balaban J connectivity index is 2.25. The normalized spacial score (nSPS) is 12.6. The summed E-state index contributed by atoms with van der Waals surface area (Å²) in [5.74, 6) is 0.117. The number of amides is 1. The van der Waals surface area contributed by atoms with Crippen molar-refractivity contribution in [3.05, 3.63) is 34.0 Å². The lowest BCUT2D eigenvalue weighted by atomic mass is 10.1. The van der Waals surface area contributed by atoms with Crippen LogP contribution in [-0.2, 0) is 0 Å². The highest BCUT2D eigenvalue weighted by atomic mass is 79.9. The number of hydrogen-bond acceptors (Lipinski definition) is 3. The van der Waals surface area contributed by atoms with E-state index in [9.17, 15) is 4.79 Å². The smallest absolute Gasteiger partial charge is 0.287 e. The number of nitrogens with one attached hydrogen (secondary N) is 1. The first-order valence-electron chi connectivity index (χ1n) is 6.10. The molecule has 2 rings (SSSR count). The summed E-state index contributed by atoms with van der Waals surface area (Å²) in [5.41, 5.74) is 1.52. The van der Waals surface area contributed by atoms with Crippen molar-refractivity contribution in [2.24, 2.45) is 5.92 Å². The maximum atomic E-state index is 12.0. The second-order valence-electron chi connectivity index (χ2n) is 4.69. The maximum absolute atomic E-state index is 12.0. The number of benzene rings is 1. The predicted octanol–water partition coefficient (Wildman–Crippen LogP) is 2.86. The van der Waals surface area contributed by atoms with Crippen LogP contribution in [0.15, 0.2) is 27.1 Å². The Bertz CT molecular complexity index is 606. The zero-order valence-corrected chi connectivity index (χ0v) is 12.5. The molecule has 0 bridgehead atoms. The third-order valence-electron chi connectivity index (χ3n) is 3.03. The largest absolute Gasteiger partial charge is 0.451 e. The van der Waals surface area contributed by atoms with E-state index >= 15 is 0 Å². The van der Waals surface area contributed by atoms with Gasteiger partial charge in [-0.25, -0.2) is 0 Å². The number of fused-ring (bicyclic) bond motifs is 1. The number of rotatable bonds is 4. The van der Waals surface area contributed by atoms with Gasteiger partial charge in [-0.15, -0.1) is 0 Å². The Kier molecular flexibility index (Phi) is 4.27. The Labute approximate surface area is 119 Å². The van der Waals surface area contributed by atoms with Crippen molar-refractivity contribution in [3.8, 4) is 0 Å². The molecule has 0 saturated heterocycles. The predicted molar refractivity (Wildman–Crippen MR) is 77.2 cm³/mol. The lowest BCUT2D eigenvalue weighted by molar-refractivity contribution is 0.0916. The molecule has 0 aliphatic heterocycles. The number of hydrogen-bond donors (Lipinski definition) is 2. The van der Waals surface area contributed by atoms with Gasteiger partial charge in [0.1, 0.15) is 5.58 Å². The van der Waals surface area contributed by atoms with E-state index in [1.54, 1.807) is 0 Å². The van der Waals surface area contributed by atoms with Gasteiger partial charge in [0.2, 0.25) is 0 Å². The van der Waals surface area contributed by atoms with Crippen molar-refractivity contribution in [2.45, 2.75) is 13.8 Å². The molecular formula is C14H16BrNO3. The van der Waals surface area contributed by atoms with E-state index < -0.39 is 0 Å². The van der Waals surface area contributed by atoms with E-state index in [1.807, 2.05) is 32.0 Å². The molecule has 1 aromatic carbocycles. The first kappa shape index (κ1) is 14.1. The van der Waals surface area contributed by atoms with Crippen LogP contribution in [0.5, 0.6) is 0 Å². The van der Waals surface area contributed by atoms with Gasteiger partial charge in [-0.1, -0.05) is 22.9 Å². The summed E-state index contributed by atoms with van der Waals surface area (Å²) >= 11 is 3.40. The fourth-order valence-electron chi connectivity index (χ4n) is 1.82. The fraction of sp³-hybridized carbons (Fsp3) is 0.357. The van der Waals surface area contributed by atoms with Gasteiger partial charge in [-0.05, 0) is 31.0 Å². The molecule has 1 unspecified atom stereocenters. The number of aliphatic hydroxyl groups is 1. The molecule has 1 atom stereocenters. The van der Waals surface area contributed by atoms with E-state index in [1.165, 1.54) is 0 Å². The average Bonchev–Trinajstić information content (AvgIpc) is 2.73. The molecule has 2 aromatic rings. The second-order valence-corrected chi connectivity index (χ2v) is 5.61. The van der Waals surface area contributed by atoms with Gasteiger partial charge in [-0.3, -0.25) is 4.79 Å². The molecule has 0 spiro atoms. The Morgan fingerprint density at radius 3 is 2.95 bits per heavy atom. The zero-order chi connectivity index (χ0) is 14.0. The van der Waals surface area contributed by atoms with Gasteiger partial charge in [0, 0.05) is 28.6 Å². The van der Waals surface area contributed by atoms with Crippen LogP contribution in [0.3, 0.4) is 0 Å². The number of furan rings is 1. The van der Waals surface area contributed by atoms with Crippen molar-refractivity contribution >= 4 is 32.8 Å². The van der Waals surface area contributed by atoms with Gasteiger partial charge >= 0.3 is 0 Å². The highest BCUT2D eigenvalue weighted by Crippen LogP contribution is 2.27. The van der Waals surface area contributed by atoms with Gasteiger partial charge in [0.15, 0.2) is 5.76 Å². The van der Waals surface area contributed by atoms with Crippen LogP contribution < -0.4 is 5.32 Å². The summed E-state index contributed by atoms with van der Waals surface area (Å²) in [6.45, 7) is 4.20. The molecule has 4 nitrogen and oxygen atoms in total. The molecule has 0 saturated carbocycles. The number of carbonyl (C=O) groups is 1. The number of aryl methyl sites for hydroxylation is 1. The Morgan fingerprint density at radius 2 is 2.26 bits per heavy atom. The molecule has 0 fully saturated rings. The summed E-state index contributed by atoms with van der Waals surface area (Å²) in [5, 5.41) is 12.6. The highest BCUT2D eigenvalue weighted by molar-refractivity contribution is 9.10. The van der Waals surface area contributed by atoms with Crippen molar-refractivity contribution in [1.29, 1.82) is 0 Å². The molecule has 0 radical (unpaired) electrons. The maximum Gasteiger partial charge on any atom is 0.287 e. The zero-order valence-electron chi connectivity index (χ0n) is 10.9. The quantitative estimate of drug-likeness (QED) is 0.908. The van der Waals surface area contributed by atoms with Crippen molar-refractivity contribution in [1.82, 2.24) is 5.32 Å². The van der Waals surface area contributed by atoms with E-state index in [-0.39, 0.29) is 18.4 Å². The monoisotopic (exact) mass is 325 g/mol. The van der Waals surface area contributed by atoms with Crippen molar-refractivity contribution in [3.63, 3.8) is 0 Å². The van der Waals surface area contributed by atoms with Crippen LogP contribution >= 0.6 is 15.9 Å². The summed E-state index contributed by atoms with van der Waals surface area (Å²) in [7, 11) is 0. The van der Waals surface area contributed by atoms with Crippen LogP contribution in [0, 0.1) is 12.8 Å². The summed E-state index contributed by atoms with van der Waals surface area (Å²) < 4.78 is 6.54. The lowest BCUT2D eigenvalue weighted by Gasteiger charge is -2.08.